The molecule has 0 aliphatic carbocycles. The molecule has 0 radical (unpaired) electrons. The minimum atomic E-state index is -0.246. The largest absolute Gasteiger partial charge is 0.784 e. The number of hydrogen-bond acceptors (Lipinski definition) is 3. The number of unbranched alkanes of at least 4 members (excludes halogenated alkanes) is 2. The Morgan fingerprint density at radius 1 is 1.12 bits per heavy atom. The number of hydroxylamine groups is 2. The van der Waals surface area contributed by atoms with Crippen molar-refractivity contribution < 1.29 is 0 Å². The fourth-order valence-corrected chi connectivity index (χ4v) is 3.09. The molecule has 0 aromatic carbocycles. The van der Waals surface area contributed by atoms with E-state index in [1.807, 2.05) is 0 Å². The molecule has 1 aliphatic rings. The van der Waals surface area contributed by atoms with Crippen LogP contribution in [0.1, 0.15) is 66.7 Å². The average Bonchev–Trinajstić information content (AvgIpc) is 2.20. The van der Waals surface area contributed by atoms with Crippen molar-refractivity contribution in [2.75, 3.05) is 6.54 Å². The molecule has 1 heterocycles. The van der Waals surface area contributed by atoms with Crippen molar-refractivity contribution in [3.8, 4) is 0 Å². The highest BCUT2D eigenvalue weighted by Gasteiger charge is 2.39. The van der Waals surface area contributed by atoms with Gasteiger partial charge in [-0.3, -0.25) is 0 Å². The smallest absolute Gasteiger partial charge is 0.0101 e. The van der Waals surface area contributed by atoms with Crippen LogP contribution < -0.4 is 5.32 Å². The molecule has 102 valence electrons. The number of nitrogens with zero attached hydrogens (tertiary/aromatic N) is 1. The Morgan fingerprint density at radius 3 is 2.12 bits per heavy atom. The zero-order valence-electron chi connectivity index (χ0n) is 12.2. The summed E-state index contributed by atoms with van der Waals surface area (Å²) in [5, 5.41) is 17.1. The quantitative estimate of drug-likeness (QED) is 0.751. The molecular formula is C14H29N2O-. The Hall–Kier alpha value is -0.120. The van der Waals surface area contributed by atoms with Crippen molar-refractivity contribution in [2.45, 2.75) is 83.8 Å². The van der Waals surface area contributed by atoms with E-state index >= 15 is 0 Å². The van der Waals surface area contributed by atoms with Crippen LogP contribution in [0.25, 0.3) is 0 Å². The van der Waals surface area contributed by atoms with Crippen LogP contribution in [0.15, 0.2) is 0 Å². The van der Waals surface area contributed by atoms with E-state index in [4.69, 9.17) is 0 Å². The molecule has 1 saturated heterocycles. The second-order valence-electron chi connectivity index (χ2n) is 6.69. The van der Waals surface area contributed by atoms with Gasteiger partial charge in [0.05, 0.1) is 0 Å². The molecule has 1 fully saturated rings. The van der Waals surface area contributed by atoms with Gasteiger partial charge in [-0.25, -0.2) is 0 Å². The first-order valence-corrected chi connectivity index (χ1v) is 7.00. The van der Waals surface area contributed by atoms with Crippen LogP contribution in [-0.4, -0.2) is 28.7 Å². The summed E-state index contributed by atoms with van der Waals surface area (Å²) in [4.78, 5) is 0. The van der Waals surface area contributed by atoms with Crippen molar-refractivity contribution in [1.82, 2.24) is 10.4 Å². The predicted octanol–water partition coefficient (Wildman–Crippen LogP) is 3.29. The summed E-state index contributed by atoms with van der Waals surface area (Å²) < 4.78 is 0. The number of rotatable bonds is 5. The van der Waals surface area contributed by atoms with Crippen molar-refractivity contribution in [3.05, 3.63) is 5.21 Å². The van der Waals surface area contributed by atoms with Gasteiger partial charge in [0.2, 0.25) is 0 Å². The van der Waals surface area contributed by atoms with Crippen LogP contribution in [0.2, 0.25) is 0 Å². The number of piperidine rings is 1. The Morgan fingerprint density at radius 2 is 1.65 bits per heavy atom. The van der Waals surface area contributed by atoms with Gasteiger partial charge in [-0.2, -0.15) is 0 Å². The minimum absolute atomic E-state index is 0.246. The maximum atomic E-state index is 12.2. The molecule has 0 spiro atoms. The van der Waals surface area contributed by atoms with Crippen molar-refractivity contribution in [3.63, 3.8) is 0 Å². The summed E-state index contributed by atoms with van der Waals surface area (Å²) in [5.41, 5.74) is -0.492. The van der Waals surface area contributed by atoms with Crippen LogP contribution in [0, 0.1) is 5.21 Å². The number of hydrogen-bond donors (Lipinski definition) is 1. The SMILES string of the molecule is CCCCCNC1CC(C)(C)N([O-])C(C)(C)C1. The fourth-order valence-electron chi connectivity index (χ4n) is 3.09. The third kappa shape index (κ3) is 3.94. The van der Waals surface area contributed by atoms with E-state index in [1.165, 1.54) is 24.3 Å². The van der Waals surface area contributed by atoms with Crippen LogP contribution in [0.3, 0.4) is 0 Å². The van der Waals surface area contributed by atoms with Gasteiger partial charge in [0.15, 0.2) is 0 Å². The predicted molar refractivity (Wildman–Crippen MR) is 73.9 cm³/mol. The van der Waals surface area contributed by atoms with E-state index in [2.05, 4.69) is 39.9 Å². The molecule has 1 rings (SSSR count). The molecule has 0 aromatic rings. The average molecular weight is 241 g/mol. The van der Waals surface area contributed by atoms with Gasteiger partial charge < -0.3 is 15.6 Å². The van der Waals surface area contributed by atoms with Crippen molar-refractivity contribution in [1.29, 1.82) is 0 Å². The molecule has 0 unspecified atom stereocenters. The first-order valence-electron chi connectivity index (χ1n) is 7.00. The Balaban J connectivity index is 2.48. The minimum Gasteiger partial charge on any atom is -0.784 e. The van der Waals surface area contributed by atoms with Crippen molar-refractivity contribution >= 4 is 0 Å². The van der Waals surface area contributed by atoms with Gasteiger partial charge in [0, 0.05) is 17.1 Å². The van der Waals surface area contributed by atoms with Crippen LogP contribution in [0.4, 0.5) is 0 Å². The molecule has 3 nitrogen and oxygen atoms in total. The van der Waals surface area contributed by atoms with E-state index in [1.54, 1.807) is 0 Å². The maximum absolute atomic E-state index is 12.2. The van der Waals surface area contributed by atoms with E-state index in [0.29, 0.717) is 6.04 Å². The lowest BCUT2D eigenvalue weighted by Gasteiger charge is -2.60. The molecule has 0 saturated carbocycles. The van der Waals surface area contributed by atoms with Crippen LogP contribution in [-0.2, 0) is 0 Å². The monoisotopic (exact) mass is 241 g/mol. The molecule has 0 bridgehead atoms. The van der Waals surface area contributed by atoms with Gasteiger partial charge in [0.1, 0.15) is 0 Å². The second-order valence-corrected chi connectivity index (χ2v) is 6.69. The Kier molecular flexibility index (Phi) is 4.99. The van der Waals surface area contributed by atoms with E-state index in [9.17, 15) is 5.21 Å². The van der Waals surface area contributed by atoms with E-state index < -0.39 is 0 Å². The first-order chi connectivity index (χ1) is 7.79. The lowest BCUT2D eigenvalue weighted by molar-refractivity contribution is 0.00164. The molecule has 0 amide bonds. The van der Waals surface area contributed by atoms with Crippen molar-refractivity contribution in [2.24, 2.45) is 0 Å². The van der Waals surface area contributed by atoms with Gasteiger partial charge in [-0.1, -0.05) is 19.8 Å². The van der Waals surface area contributed by atoms with Gasteiger partial charge in [0.25, 0.3) is 0 Å². The molecule has 17 heavy (non-hydrogen) atoms. The van der Waals surface area contributed by atoms with E-state index in [-0.39, 0.29) is 11.1 Å². The lowest BCUT2D eigenvalue weighted by Crippen LogP contribution is -2.61. The molecule has 0 aromatic heterocycles. The molecule has 3 heteroatoms. The second kappa shape index (κ2) is 5.68. The zero-order chi connectivity index (χ0) is 13.1. The highest BCUT2D eigenvalue weighted by molar-refractivity contribution is 5.02. The molecule has 1 N–H and O–H groups in total. The first kappa shape index (κ1) is 14.9. The van der Waals surface area contributed by atoms with Gasteiger partial charge >= 0.3 is 0 Å². The van der Waals surface area contributed by atoms with Gasteiger partial charge in [-0.15, -0.1) is 0 Å². The van der Waals surface area contributed by atoms with Crippen LogP contribution >= 0.6 is 0 Å². The third-order valence-electron chi connectivity index (χ3n) is 3.80. The number of nitrogens with one attached hydrogen (secondary N) is 1. The Labute approximate surface area is 107 Å². The maximum Gasteiger partial charge on any atom is 0.0101 e. The summed E-state index contributed by atoms with van der Waals surface area (Å²) >= 11 is 0. The third-order valence-corrected chi connectivity index (χ3v) is 3.80. The van der Waals surface area contributed by atoms with Crippen LogP contribution in [0.5, 0.6) is 0 Å². The Bertz CT molecular complexity index is 220. The zero-order valence-corrected chi connectivity index (χ0v) is 12.2. The topological polar surface area (TPSA) is 38.3 Å². The molecular weight excluding hydrogens is 212 g/mol. The van der Waals surface area contributed by atoms with Gasteiger partial charge in [-0.05, 0) is 53.5 Å². The van der Waals surface area contributed by atoms with E-state index in [0.717, 1.165) is 19.4 Å². The lowest BCUT2D eigenvalue weighted by atomic mass is 9.79. The standard InChI is InChI=1S/C14H29N2O/c1-6-7-8-9-15-12-10-13(2,3)16(17)14(4,5)11-12/h12,15H,6-11H2,1-5H3/q-1. The summed E-state index contributed by atoms with van der Waals surface area (Å²) in [6.07, 6.45) is 5.70. The molecule has 1 aliphatic heterocycles. The summed E-state index contributed by atoms with van der Waals surface area (Å²) in [6.45, 7) is 11.5. The highest BCUT2D eigenvalue weighted by atomic mass is 16.5. The summed E-state index contributed by atoms with van der Waals surface area (Å²) in [6, 6.07) is 0.488. The fraction of sp³-hybridized carbons (Fsp3) is 1.00. The highest BCUT2D eigenvalue weighted by Crippen LogP contribution is 2.37. The molecule has 0 atom stereocenters. The normalized spacial score (nSPS) is 25.1. The summed E-state index contributed by atoms with van der Waals surface area (Å²) in [7, 11) is 0. The summed E-state index contributed by atoms with van der Waals surface area (Å²) in [5.74, 6) is 0.